The average Bonchev–Trinajstić information content (AvgIpc) is 2.73. The van der Waals surface area contributed by atoms with Crippen LogP contribution in [0.2, 0.25) is 0 Å². The van der Waals surface area contributed by atoms with Crippen LogP contribution in [0.15, 0.2) is 47.6 Å². The molecule has 0 aromatic carbocycles. The first-order valence-corrected chi connectivity index (χ1v) is 9.67. The minimum atomic E-state index is -2.97. The van der Waals surface area contributed by atoms with Gasteiger partial charge in [-0.1, -0.05) is 19.7 Å². The molecular formula is C22H30O11. The molecule has 0 radical (unpaired) electrons. The second-order valence-corrected chi connectivity index (χ2v) is 7.03. The summed E-state index contributed by atoms with van der Waals surface area (Å²) in [6.07, 6.45) is -2.12. The van der Waals surface area contributed by atoms with Gasteiger partial charge >= 0.3 is 29.9 Å². The Morgan fingerprint density at radius 2 is 1.15 bits per heavy atom. The summed E-state index contributed by atoms with van der Waals surface area (Å²) in [5, 5.41) is 28.1. The van der Waals surface area contributed by atoms with E-state index in [2.05, 4.69) is 19.7 Å². The Labute approximate surface area is 191 Å². The smallest absolute Gasteiger partial charge is 0.446 e. The van der Waals surface area contributed by atoms with Crippen molar-refractivity contribution in [3.63, 3.8) is 0 Å². The zero-order valence-corrected chi connectivity index (χ0v) is 19.1. The molecule has 0 saturated carbocycles. The largest absolute Gasteiger partial charge is 0.463 e. The van der Waals surface area contributed by atoms with Crippen molar-refractivity contribution in [1.82, 2.24) is 0 Å². The first-order chi connectivity index (χ1) is 15.3. The lowest BCUT2D eigenvalue weighted by Crippen LogP contribution is -2.54. The van der Waals surface area contributed by atoms with Gasteiger partial charge in [-0.15, -0.1) is 0 Å². The van der Waals surface area contributed by atoms with Crippen LogP contribution in [-0.2, 0) is 38.1 Å². The van der Waals surface area contributed by atoms with E-state index in [1.807, 2.05) is 0 Å². The number of carbonyl (C=O) groups is 4. The number of hydrogen-bond donors (Lipinski definition) is 3. The van der Waals surface area contributed by atoms with E-state index in [0.717, 1.165) is 6.92 Å². The van der Waals surface area contributed by atoms with Gasteiger partial charge in [-0.2, -0.15) is 0 Å². The van der Waals surface area contributed by atoms with Crippen molar-refractivity contribution in [1.29, 1.82) is 0 Å². The molecule has 0 aliphatic heterocycles. The molecule has 0 fully saturated rings. The third-order valence-corrected chi connectivity index (χ3v) is 3.95. The molecule has 3 N–H and O–H groups in total. The Morgan fingerprint density at radius 3 is 1.48 bits per heavy atom. The summed E-state index contributed by atoms with van der Waals surface area (Å²) in [7, 11) is 0. The first-order valence-electron chi connectivity index (χ1n) is 9.67. The number of ether oxygens (including phenoxy) is 4. The highest BCUT2D eigenvalue weighted by Gasteiger charge is 2.52. The third-order valence-electron chi connectivity index (χ3n) is 3.95. The Balaban J connectivity index is 6.72. The van der Waals surface area contributed by atoms with Gasteiger partial charge in [-0.25, -0.2) is 19.2 Å². The predicted molar refractivity (Wildman–Crippen MR) is 114 cm³/mol. The summed E-state index contributed by atoms with van der Waals surface area (Å²) in [5.74, 6) is -7.64. The number of esters is 4. The van der Waals surface area contributed by atoms with Crippen LogP contribution >= 0.6 is 0 Å². The molecule has 1 unspecified atom stereocenters. The maximum Gasteiger partial charge on any atom is 0.463 e. The van der Waals surface area contributed by atoms with E-state index in [4.69, 9.17) is 18.9 Å². The molecule has 0 amide bonds. The van der Waals surface area contributed by atoms with Crippen molar-refractivity contribution >= 4 is 23.9 Å². The van der Waals surface area contributed by atoms with E-state index in [0.29, 0.717) is 0 Å². The van der Waals surface area contributed by atoms with Crippen LogP contribution in [0.3, 0.4) is 0 Å². The monoisotopic (exact) mass is 470 g/mol. The molecule has 0 heterocycles. The predicted octanol–water partition coefficient (Wildman–Crippen LogP) is 0.593. The topological polar surface area (TPSA) is 166 Å². The van der Waals surface area contributed by atoms with Gasteiger partial charge in [0.1, 0.15) is 0 Å². The molecular weight excluding hydrogens is 440 g/mol. The van der Waals surface area contributed by atoms with E-state index in [-0.39, 0.29) is 34.3 Å². The van der Waals surface area contributed by atoms with E-state index < -0.39 is 55.8 Å². The SMILES string of the molecule is C=C(C)C(=O)OC(C)C(OC(=O)C(=C)C)(OC(=O)C(=C)C)OC(=O)C(CCO)=C(CO)CO. The van der Waals surface area contributed by atoms with Crippen molar-refractivity contribution in [3.8, 4) is 0 Å². The fourth-order valence-corrected chi connectivity index (χ4v) is 2.04. The Hall–Kier alpha value is -3.28. The molecule has 0 aromatic rings. The van der Waals surface area contributed by atoms with Gasteiger partial charge in [-0.05, 0) is 33.3 Å². The summed E-state index contributed by atoms with van der Waals surface area (Å²) in [4.78, 5) is 49.7. The fraction of sp³-hybridized carbons (Fsp3) is 0.455. The van der Waals surface area contributed by atoms with Crippen molar-refractivity contribution < 1.29 is 53.4 Å². The number of aliphatic hydroxyl groups is 3. The molecule has 11 heteroatoms. The molecule has 0 aromatic heterocycles. The van der Waals surface area contributed by atoms with Gasteiger partial charge in [-0.3, -0.25) is 0 Å². The number of carbonyl (C=O) groups excluding carboxylic acids is 4. The van der Waals surface area contributed by atoms with Gasteiger partial charge in [0.2, 0.25) is 6.10 Å². The third kappa shape index (κ3) is 8.64. The molecule has 184 valence electrons. The summed E-state index contributed by atoms with van der Waals surface area (Å²) in [6.45, 7) is 13.0. The lowest BCUT2D eigenvalue weighted by atomic mass is 10.1. The summed E-state index contributed by atoms with van der Waals surface area (Å²) in [6, 6.07) is 0. The van der Waals surface area contributed by atoms with Crippen molar-refractivity contribution in [2.45, 2.75) is 46.2 Å². The van der Waals surface area contributed by atoms with Crippen LogP contribution in [0.1, 0.15) is 34.1 Å². The molecule has 33 heavy (non-hydrogen) atoms. The lowest BCUT2D eigenvalue weighted by molar-refractivity contribution is -0.357. The molecule has 0 spiro atoms. The highest BCUT2D eigenvalue weighted by atomic mass is 16.9. The van der Waals surface area contributed by atoms with Crippen molar-refractivity contribution in [2.24, 2.45) is 0 Å². The second kappa shape index (κ2) is 13.3. The minimum Gasteiger partial charge on any atom is -0.446 e. The summed E-state index contributed by atoms with van der Waals surface area (Å²) >= 11 is 0. The highest BCUT2D eigenvalue weighted by molar-refractivity contribution is 5.92. The van der Waals surface area contributed by atoms with Gasteiger partial charge < -0.3 is 34.3 Å². The molecule has 0 aliphatic carbocycles. The normalized spacial score (nSPS) is 11.5. The van der Waals surface area contributed by atoms with E-state index >= 15 is 0 Å². The van der Waals surface area contributed by atoms with Crippen molar-refractivity contribution in [2.75, 3.05) is 19.8 Å². The van der Waals surface area contributed by atoms with E-state index in [9.17, 15) is 34.5 Å². The lowest BCUT2D eigenvalue weighted by Gasteiger charge is -2.35. The molecule has 1 atom stereocenters. The number of hydrogen-bond acceptors (Lipinski definition) is 11. The Kier molecular flexibility index (Phi) is 12.0. The van der Waals surface area contributed by atoms with Crippen molar-refractivity contribution in [3.05, 3.63) is 47.6 Å². The van der Waals surface area contributed by atoms with E-state index in [1.165, 1.54) is 20.8 Å². The molecule has 11 nitrogen and oxygen atoms in total. The maximum atomic E-state index is 12.9. The van der Waals surface area contributed by atoms with Gasteiger partial charge in [0.25, 0.3) is 0 Å². The molecule has 0 aliphatic rings. The highest BCUT2D eigenvalue weighted by Crippen LogP contribution is 2.29. The number of rotatable bonds is 13. The van der Waals surface area contributed by atoms with Crippen LogP contribution in [0.25, 0.3) is 0 Å². The van der Waals surface area contributed by atoms with Gasteiger partial charge in [0.15, 0.2) is 0 Å². The second-order valence-electron chi connectivity index (χ2n) is 7.03. The van der Waals surface area contributed by atoms with Crippen LogP contribution in [0.5, 0.6) is 0 Å². The minimum absolute atomic E-state index is 0.0664. The van der Waals surface area contributed by atoms with Crippen LogP contribution in [0.4, 0.5) is 0 Å². The van der Waals surface area contributed by atoms with Crippen LogP contribution in [0, 0.1) is 0 Å². The number of aliphatic hydroxyl groups excluding tert-OH is 3. The Bertz CT molecular complexity index is 816. The molecule has 0 rings (SSSR count). The summed E-state index contributed by atoms with van der Waals surface area (Å²) < 4.78 is 20.6. The van der Waals surface area contributed by atoms with Gasteiger partial charge in [0, 0.05) is 35.3 Å². The zero-order chi connectivity index (χ0) is 25.9. The average molecular weight is 470 g/mol. The summed E-state index contributed by atoms with van der Waals surface area (Å²) in [5.41, 5.74) is -1.03. The van der Waals surface area contributed by atoms with Crippen LogP contribution in [-0.4, -0.2) is 71.1 Å². The standard InChI is InChI=1S/C22H30O11/c1-12(2)18(26)30-15(7)22(31-19(27)13(3)4,32-20(28)14(5)6)33-21(29)17(8-9-23)16(10-24)11-25/h15,23-25H,1,3,5,8-11H2,2,4,6-7H3. The van der Waals surface area contributed by atoms with E-state index in [1.54, 1.807) is 0 Å². The zero-order valence-electron chi connectivity index (χ0n) is 19.1. The Morgan fingerprint density at radius 1 is 0.758 bits per heavy atom. The fourth-order valence-electron chi connectivity index (χ4n) is 2.04. The molecule has 0 bridgehead atoms. The van der Waals surface area contributed by atoms with Crippen LogP contribution < -0.4 is 0 Å². The quantitative estimate of drug-likeness (QED) is 0.196. The van der Waals surface area contributed by atoms with Gasteiger partial charge in [0.05, 0.1) is 13.2 Å². The first kappa shape index (κ1) is 29.7. The maximum absolute atomic E-state index is 12.9. The molecule has 0 saturated heterocycles.